The number of nitrogens with two attached hydrogens (primary N) is 2. The molecule has 0 unspecified atom stereocenters. The number of aryl methyl sites for hydroxylation is 2. The quantitative estimate of drug-likeness (QED) is 0.0799. The number of rotatable bonds is 16. The maximum atomic E-state index is 6.32. The minimum Gasteiger partial charge on any atom is -0.399 e. The van der Waals surface area contributed by atoms with Crippen LogP contribution in [0.15, 0.2) is 97.1 Å². The van der Waals surface area contributed by atoms with Crippen molar-refractivity contribution < 1.29 is 0 Å². The highest BCUT2D eigenvalue weighted by molar-refractivity contribution is 6.32. The van der Waals surface area contributed by atoms with Gasteiger partial charge in [-0.2, -0.15) is 0 Å². The largest absolute Gasteiger partial charge is 0.399 e. The van der Waals surface area contributed by atoms with Gasteiger partial charge in [-0.05, 0) is 60.4 Å². The topological polar surface area (TPSA) is 61.9 Å². The molecule has 4 heteroatoms. The summed E-state index contributed by atoms with van der Waals surface area (Å²) in [5.41, 5.74) is 24.6. The average Bonchev–Trinajstić information content (AvgIpc) is 3.64. The van der Waals surface area contributed by atoms with Crippen molar-refractivity contribution in [2.24, 2.45) is 0 Å². The van der Waals surface area contributed by atoms with Crippen LogP contribution in [0.4, 0.5) is 11.4 Å². The Morgan fingerprint density at radius 1 is 0.420 bits per heavy atom. The molecule has 7 aromatic rings. The van der Waals surface area contributed by atoms with E-state index in [0.717, 1.165) is 37.3 Å². The monoisotopic (exact) mass is 662 g/mol. The van der Waals surface area contributed by atoms with Crippen LogP contribution in [0, 0.1) is 0 Å². The molecule has 0 saturated heterocycles. The van der Waals surface area contributed by atoms with Gasteiger partial charge in [-0.3, -0.25) is 0 Å². The van der Waals surface area contributed by atoms with Gasteiger partial charge in [0.15, 0.2) is 0 Å². The molecule has 0 atom stereocenters. The zero-order valence-corrected chi connectivity index (χ0v) is 30.2. The Bertz CT molecular complexity index is 2040. The number of hydrogen-bond donors (Lipinski definition) is 2. The molecule has 2 aromatic heterocycles. The SMILES string of the molecule is CCCCCCCCn1c2ccccc2c2c(-c3ccc(N)cc3)c3c(c(-c4ccc(N)cc4)c21)c1ccccc1n3CCCCCCCC. The lowest BCUT2D eigenvalue weighted by Gasteiger charge is -2.18. The maximum Gasteiger partial charge on any atom is 0.0585 e. The van der Waals surface area contributed by atoms with Crippen molar-refractivity contribution in [2.75, 3.05) is 11.5 Å². The third kappa shape index (κ3) is 6.49. The van der Waals surface area contributed by atoms with Crippen LogP contribution in [0.5, 0.6) is 0 Å². The van der Waals surface area contributed by atoms with Crippen LogP contribution in [0.3, 0.4) is 0 Å². The Morgan fingerprint density at radius 3 is 1.18 bits per heavy atom. The van der Waals surface area contributed by atoms with Crippen LogP contribution in [0.25, 0.3) is 65.9 Å². The third-order valence-electron chi connectivity index (χ3n) is 10.8. The van der Waals surface area contributed by atoms with E-state index in [0.29, 0.717) is 0 Å². The first-order chi connectivity index (χ1) is 24.6. The maximum absolute atomic E-state index is 6.32. The molecule has 0 fully saturated rings. The van der Waals surface area contributed by atoms with E-state index in [9.17, 15) is 0 Å². The summed E-state index contributed by atoms with van der Waals surface area (Å²) in [5, 5.41) is 5.30. The molecule has 4 nitrogen and oxygen atoms in total. The van der Waals surface area contributed by atoms with E-state index in [1.807, 2.05) is 0 Å². The molecule has 0 aliphatic carbocycles. The second-order valence-electron chi connectivity index (χ2n) is 14.3. The van der Waals surface area contributed by atoms with E-state index in [1.54, 1.807) is 0 Å². The molecular formula is C46H54N4. The van der Waals surface area contributed by atoms with Gasteiger partial charge in [0, 0.05) is 68.2 Å². The molecule has 2 heterocycles. The number of nitrogen functional groups attached to an aromatic ring is 2. The summed E-state index contributed by atoms with van der Waals surface area (Å²) in [7, 11) is 0. The van der Waals surface area contributed by atoms with E-state index >= 15 is 0 Å². The zero-order chi connectivity index (χ0) is 34.5. The van der Waals surface area contributed by atoms with E-state index < -0.39 is 0 Å². The number of aromatic nitrogens is 2. The fraction of sp³-hybridized carbons (Fsp3) is 0.348. The molecule has 0 spiro atoms. The van der Waals surface area contributed by atoms with Crippen molar-refractivity contribution in [3.63, 3.8) is 0 Å². The number of nitrogens with zero attached hydrogens (tertiary/aromatic N) is 2. The Kier molecular flexibility index (Phi) is 10.4. The van der Waals surface area contributed by atoms with Gasteiger partial charge in [-0.15, -0.1) is 0 Å². The van der Waals surface area contributed by atoms with Crippen molar-refractivity contribution in [1.82, 2.24) is 9.13 Å². The standard InChI is InChI=1S/C46H54N4/c1-3-5-7-9-11-17-31-49-39-21-15-13-19-37(39)43-42(34-25-29-36(48)30-26-34)46-44(41(45(43)49)33-23-27-35(47)28-24-33)38-20-14-16-22-40(38)50(46)32-18-12-10-8-6-4-2/h13-16,19-30H,3-12,17-18,31-32,47-48H2,1-2H3. The highest BCUT2D eigenvalue weighted by Gasteiger charge is 2.27. The molecule has 258 valence electrons. The van der Waals surface area contributed by atoms with Crippen LogP contribution in [-0.2, 0) is 13.1 Å². The van der Waals surface area contributed by atoms with Crippen molar-refractivity contribution in [3.05, 3.63) is 97.1 Å². The predicted octanol–water partition coefficient (Wildman–Crippen LogP) is 13.1. The number of para-hydroxylation sites is 2. The highest BCUT2D eigenvalue weighted by Crippen LogP contribution is 2.50. The van der Waals surface area contributed by atoms with Gasteiger partial charge in [-0.25, -0.2) is 0 Å². The Morgan fingerprint density at radius 2 is 0.780 bits per heavy atom. The Hall–Kier alpha value is -4.70. The Labute approximate surface area is 298 Å². The number of benzene rings is 5. The first-order valence-corrected chi connectivity index (χ1v) is 19.3. The zero-order valence-electron chi connectivity index (χ0n) is 30.2. The van der Waals surface area contributed by atoms with Gasteiger partial charge < -0.3 is 20.6 Å². The van der Waals surface area contributed by atoms with Crippen LogP contribution < -0.4 is 11.5 Å². The number of hydrogen-bond acceptors (Lipinski definition) is 2. The molecule has 50 heavy (non-hydrogen) atoms. The molecule has 0 aliphatic heterocycles. The van der Waals surface area contributed by atoms with Crippen molar-refractivity contribution in [1.29, 1.82) is 0 Å². The summed E-state index contributed by atoms with van der Waals surface area (Å²) in [6, 6.07) is 35.4. The minimum atomic E-state index is 0.790. The second-order valence-corrected chi connectivity index (χ2v) is 14.3. The van der Waals surface area contributed by atoms with Gasteiger partial charge in [0.05, 0.1) is 11.0 Å². The number of anilines is 2. The van der Waals surface area contributed by atoms with Gasteiger partial charge in [0.25, 0.3) is 0 Å². The van der Waals surface area contributed by atoms with Crippen LogP contribution in [-0.4, -0.2) is 9.13 Å². The molecular weight excluding hydrogens is 609 g/mol. The summed E-state index contributed by atoms with van der Waals surface area (Å²) < 4.78 is 5.30. The molecule has 0 bridgehead atoms. The van der Waals surface area contributed by atoms with Gasteiger partial charge in [-0.1, -0.05) is 139 Å². The van der Waals surface area contributed by atoms with Crippen molar-refractivity contribution in [2.45, 2.75) is 104 Å². The molecule has 0 amide bonds. The summed E-state index contributed by atoms with van der Waals surface area (Å²) in [6.07, 6.45) is 15.2. The van der Waals surface area contributed by atoms with E-state index in [-0.39, 0.29) is 0 Å². The molecule has 5 aromatic carbocycles. The van der Waals surface area contributed by atoms with E-state index in [4.69, 9.17) is 11.5 Å². The van der Waals surface area contributed by atoms with Gasteiger partial charge in [0.2, 0.25) is 0 Å². The number of unbranched alkanes of at least 4 members (excludes halogenated alkanes) is 10. The molecule has 0 radical (unpaired) electrons. The number of fused-ring (bicyclic) bond motifs is 6. The first-order valence-electron chi connectivity index (χ1n) is 19.3. The smallest absolute Gasteiger partial charge is 0.0585 e. The van der Waals surface area contributed by atoms with Gasteiger partial charge >= 0.3 is 0 Å². The lowest BCUT2D eigenvalue weighted by molar-refractivity contribution is 0.571. The fourth-order valence-corrected chi connectivity index (χ4v) is 8.30. The second kappa shape index (κ2) is 15.5. The fourth-order valence-electron chi connectivity index (χ4n) is 8.30. The summed E-state index contributed by atoms with van der Waals surface area (Å²) >= 11 is 0. The lowest BCUT2D eigenvalue weighted by atomic mass is 9.89. The highest BCUT2D eigenvalue weighted by atomic mass is 15.0. The third-order valence-corrected chi connectivity index (χ3v) is 10.8. The molecule has 4 N–H and O–H groups in total. The molecule has 0 aliphatic rings. The summed E-state index contributed by atoms with van der Waals surface area (Å²) in [6.45, 7) is 6.56. The van der Waals surface area contributed by atoms with Crippen LogP contribution in [0.1, 0.15) is 90.9 Å². The lowest BCUT2D eigenvalue weighted by Crippen LogP contribution is -2.02. The van der Waals surface area contributed by atoms with E-state index in [2.05, 4.69) is 120 Å². The minimum absolute atomic E-state index is 0.790. The average molecular weight is 663 g/mol. The van der Waals surface area contributed by atoms with Crippen molar-refractivity contribution >= 4 is 55.0 Å². The first kappa shape index (κ1) is 33.8. The predicted molar refractivity (Wildman–Crippen MR) is 219 cm³/mol. The summed E-state index contributed by atoms with van der Waals surface area (Å²) in [5.74, 6) is 0. The molecule has 0 saturated carbocycles. The normalized spacial score (nSPS) is 11.9. The molecule has 7 rings (SSSR count). The van der Waals surface area contributed by atoms with Crippen LogP contribution in [0.2, 0.25) is 0 Å². The van der Waals surface area contributed by atoms with E-state index in [1.165, 1.54) is 130 Å². The van der Waals surface area contributed by atoms with Gasteiger partial charge in [0.1, 0.15) is 0 Å². The summed E-state index contributed by atoms with van der Waals surface area (Å²) in [4.78, 5) is 0. The van der Waals surface area contributed by atoms with Crippen LogP contribution >= 0.6 is 0 Å². The Balaban J connectivity index is 1.58. The van der Waals surface area contributed by atoms with Crippen molar-refractivity contribution in [3.8, 4) is 22.3 Å².